The van der Waals surface area contributed by atoms with Crippen molar-refractivity contribution in [2.75, 3.05) is 12.3 Å². The largest absolute Gasteiger partial charge is 0.398 e. The fourth-order valence-electron chi connectivity index (χ4n) is 1.94. The molecule has 0 aliphatic carbocycles. The van der Waals surface area contributed by atoms with E-state index in [0.717, 1.165) is 31.6 Å². The van der Waals surface area contributed by atoms with E-state index in [1.54, 1.807) is 0 Å². The molecule has 0 saturated carbocycles. The minimum atomic E-state index is 0.492. The number of hydrogen-bond acceptors (Lipinski definition) is 3. The summed E-state index contributed by atoms with van der Waals surface area (Å²) in [5, 5.41) is 8.53. The summed E-state index contributed by atoms with van der Waals surface area (Å²) < 4.78 is 0. The standard InChI is InChI=1S/C15H23N3/c1-13(2)18(11-7-3-6-10-16)12-14-8-4-5-9-15(14)17/h4-5,8-9,13H,3,6-7,11-12,17H2,1-2H3. The van der Waals surface area contributed by atoms with Crippen LogP contribution in [-0.2, 0) is 6.54 Å². The molecule has 1 aromatic rings. The molecule has 0 aliphatic heterocycles. The fourth-order valence-corrected chi connectivity index (χ4v) is 1.94. The number of benzene rings is 1. The van der Waals surface area contributed by atoms with Crippen molar-refractivity contribution in [3.05, 3.63) is 29.8 Å². The first-order chi connectivity index (χ1) is 8.65. The Balaban J connectivity index is 2.53. The Labute approximate surface area is 110 Å². The Morgan fingerprint density at radius 3 is 2.61 bits per heavy atom. The van der Waals surface area contributed by atoms with Crippen LogP contribution < -0.4 is 5.73 Å². The maximum atomic E-state index is 8.53. The van der Waals surface area contributed by atoms with Gasteiger partial charge >= 0.3 is 0 Å². The second-order valence-electron chi connectivity index (χ2n) is 4.88. The Morgan fingerprint density at radius 1 is 1.28 bits per heavy atom. The second-order valence-corrected chi connectivity index (χ2v) is 4.88. The van der Waals surface area contributed by atoms with Crippen molar-refractivity contribution in [3.8, 4) is 6.07 Å². The molecule has 0 fully saturated rings. The maximum Gasteiger partial charge on any atom is 0.0621 e. The molecule has 0 atom stereocenters. The van der Waals surface area contributed by atoms with E-state index in [-0.39, 0.29) is 0 Å². The molecule has 0 saturated heterocycles. The topological polar surface area (TPSA) is 53.0 Å². The Bertz CT molecular complexity index is 393. The number of nitriles is 1. The maximum absolute atomic E-state index is 8.53. The molecule has 0 radical (unpaired) electrons. The highest BCUT2D eigenvalue weighted by Crippen LogP contribution is 2.15. The van der Waals surface area contributed by atoms with Crippen molar-refractivity contribution >= 4 is 5.69 Å². The highest BCUT2D eigenvalue weighted by Gasteiger charge is 2.11. The van der Waals surface area contributed by atoms with Crippen molar-refractivity contribution < 1.29 is 0 Å². The highest BCUT2D eigenvalue weighted by atomic mass is 15.1. The molecule has 0 spiro atoms. The van der Waals surface area contributed by atoms with E-state index in [9.17, 15) is 0 Å². The number of rotatable bonds is 7. The molecule has 0 heterocycles. The number of para-hydroxylation sites is 1. The predicted octanol–water partition coefficient (Wildman–Crippen LogP) is 3.17. The van der Waals surface area contributed by atoms with Gasteiger partial charge in [-0.3, -0.25) is 4.90 Å². The van der Waals surface area contributed by atoms with E-state index in [1.165, 1.54) is 5.56 Å². The SMILES string of the molecule is CC(C)N(CCCCC#N)Cc1ccccc1N. The van der Waals surface area contributed by atoms with Crippen molar-refractivity contribution in [2.24, 2.45) is 0 Å². The average molecular weight is 245 g/mol. The summed E-state index contributed by atoms with van der Waals surface area (Å²) in [6.45, 7) is 6.30. The van der Waals surface area contributed by atoms with Crippen molar-refractivity contribution in [1.82, 2.24) is 4.90 Å². The third-order valence-corrected chi connectivity index (χ3v) is 3.14. The molecular formula is C15H23N3. The lowest BCUT2D eigenvalue weighted by Crippen LogP contribution is -2.31. The summed E-state index contributed by atoms with van der Waals surface area (Å²) in [5.74, 6) is 0. The molecule has 0 unspecified atom stereocenters. The molecule has 0 aliphatic rings. The minimum Gasteiger partial charge on any atom is -0.398 e. The van der Waals surface area contributed by atoms with Crippen LogP contribution in [0.25, 0.3) is 0 Å². The molecule has 0 amide bonds. The van der Waals surface area contributed by atoms with Gasteiger partial charge in [0.05, 0.1) is 6.07 Å². The minimum absolute atomic E-state index is 0.492. The lowest BCUT2D eigenvalue weighted by atomic mass is 10.1. The number of nitrogens with two attached hydrogens (primary N) is 1. The van der Waals surface area contributed by atoms with Gasteiger partial charge in [0.15, 0.2) is 0 Å². The van der Waals surface area contributed by atoms with Crippen LogP contribution in [0.2, 0.25) is 0 Å². The van der Waals surface area contributed by atoms with Gasteiger partial charge < -0.3 is 5.73 Å². The van der Waals surface area contributed by atoms with Crippen LogP contribution in [-0.4, -0.2) is 17.5 Å². The van der Waals surface area contributed by atoms with E-state index in [4.69, 9.17) is 11.0 Å². The molecule has 1 aromatic carbocycles. The van der Waals surface area contributed by atoms with Crippen LogP contribution in [0.4, 0.5) is 5.69 Å². The Morgan fingerprint density at radius 2 is 2.00 bits per heavy atom. The molecule has 98 valence electrons. The predicted molar refractivity (Wildman–Crippen MR) is 75.9 cm³/mol. The quantitative estimate of drug-likeness (QED) is 0.593. The Kier molecular flexibility index (Phi) is 6.24. The van der Waals surface area contributed by atoms with Crippen molar-refractivity contribution in [3.63, 3.8) is 0 Å². The first kappa shape index (κ1) is 14.5. The smallest absolute Gasteiger partial charge is 0.0621 e. The summed E-state index contributed by atoms with van der Waals surface area (Å²) in [6.07, 6.45) is 2.70. The van der Waals surface area contributed by atoms with Crippen LogP contribution in [0.1, 0.15) is 38.7 Å². The van der Waals surface area contributed by atoms with Crippen LogP contribution in [0, 0.1) is 11.3 Å². The lowest BCUT2D eigenvalue weighted by Gasteiger charge is -2.27. The highest BCUT2D eigenvalue weighted by molar-refractivity contribution is 5.46. The summed E-state index contributed by atoms with van der Waals surface area (Å²) in [4.78, 5) is 2.41. The van der Waals surface area contributed by atoms with Gasteiger partial charge in [-0.2, -0.15) is 5.26 Å². The number of anilines is 1. The van der Waals surface area contributed by atoms with E-state index >= 15 is 0 Å². The zero-order chi connectivity index (χ0) is 13.4. The molecule has 0 bridgehead atoms. The van der Waals surface area contributed by atoms with Gasteiger partial charge in [-0.05, 0) is 44.9 Å². The van der Waals surface area contributed by atoms with E-state index in [0.29, 0.717) is 12.5 Å². The molecule has 1 rings (SSSR count). The number of nitrogen functional groups attached to an aromatic ring is 1. The van der Waals surface area contributed by atoms with Crippen LogP contribution >= 0.6 is 0 Å². The summed E-state index contributed by atoms with van der Waals surface area (Å²) in [7, 11) is 0. The van der Waals surface area contributed by atoms with Gasteiger partial charge in [-0.25, -0.2) is 0 Å². The Hall–Kier alpha value is -1.53. The monoisotopic (exact) mass is 245 g/mol. The van der Waals surface area contributed by atoms with Gasteiger partial charge in [0.2, 0.25) is 0 Å². The first-order valence-corrected chi connectivity index (χ1v) is 6.59. The van der Waals surface area contributed by atoms with E-state index < -0.39 is 0 Å². The van der Waals surface area contributed by atoms with Crippen molar-refractivity contribution in [1.29, 1.82) is 5.26 Å². The van der Waals surface area contributed by atoms with Gasteiger partial charge in [0.1, 0.15) is 0 Å². The van der Waals surface area contributed by atoms with Crippen molar-refractivity contribution in [2.45, 2.75) is 45.7 Å². The van der Waals surface area contributed by atoms with E-state index in [1.807, 2.05) is 18.2 Å². The van der Waals surface area contributed by atoms with Gasteiger partial charge in [-0.15, -0.1) is 0 Å². The van der Waals surface area contributed by atoms with E-state index in [2.05, 4.69) is 30.9 Å². The molecule has 2 N–H and O–H groups in total. The molecule has 0 aromatic heterocycles. The summed E-state index contributed by atoms with van der Waals surface area (Å²) >= 11 is 0. The average Bonchev–Trinajstić information content (AvgIpc) is 2.35. The molecule has 18 heavy (non-hydrogen) atoms. The van der Waals surface area contributed by atoms with Gasteiger partial charge in [0.25, 0.3) is 0 Å². The lowest BCUT2D eigenvalue weighted by molar-refractivity contribution is 0.209. The zero-order valence-electron chi connectivity index (χ0n) is 11.4. The first-order valence-electron chi connectivity index (χ1n) is 6.59. The normalized spacial score (nSPS) is 10.8. The van der Waals surface area contributed by atoms with Crippen LogP contribution in [0.3, 0.4) is 0 Å². The summed E-state index contributed by atoms with van der Waals surface area (Å²) in [5.41, 5.74) is 8.02. The molecule has 3 heteroatoms. The second kappa shape index (κ2) is 7.73. The molecular weight excluding hydrogens is 222 g/mol. The fraction of sp³-hybridized carbons (Fsp3) is 0.533. The third kappa shape index (κ3) is 4.77. The van der Waals surface area contributed by atoms with Crippen LogP contribution in [0.5, 0.6) is 0 Å². The number of unbranched alkanes of at least 4 members (excludes halogenated alkanes) is 2. The molecule has 3 nitrogen and oxygen atoms in total. The summed E-state index contributed by atoms with van der Waals surface area (Å²) in [6, 6.07) is 10.7. The number of nitrogens with zero attached hydrogens (tertiary/aromatic N) is 2. The van der Waals surface area contributed by atoms with Gasteiger partial charge in [0, 0.05) is 24.7 Å². The van der Waals surface area contributed by atoms with Crippen LogP contribution in [0.15, 0.2) is 24.3 Å². The van der Waals surface area contributed by atoms with Gasteiger partial charge in [-0.1, -0.05) is 18.2 Å². The zero-order valence-corrected chi connectivity index (χ0v) is 11.4. The third-order valence-electron chi connectivity index (χ3n) is 3.14. The number of hydrogen-bond donors (Lipinski definition) is 1.